The van der Waals surface area contributed by atoms with E-state index in [1.165, 1.54) is 0 Å². The molecule has 7 nitrogen and oxygen atoms in total. The van der Waals surface area contributed by atoms with Gasteiger partial charge in [-0.05, 0) is 18.4 Å². The summed E-state index contributed by atoms with van der Waals surface area (Å²) in [4.78, 5) is 21.0. The third kappa shape index (κ3) is 5.81. The van der Waals surface area contributed by atoms with Crippen molar-refractivity contribution in [1.29, 1.82) is 0 Å². The van der Waals surface area contributed by atoms with E-state index in [1.54, 1.807) is 14.2 Å². The molecule has 2 aliphatic rings. The molecule has 2 saturated heterocycles. The second-order valence-electron chi connectivity index (χ2n) is 6.88. The summed E-state index contributed by atoms with van der Waals surface area (Å²) in [5.74, 6) is 0.982. The van der Waals surface area contributed by atoms with Crippen LogP contribution in [-0.2, 0) is 14.3 Å². The van der Waals surface area contributed by atoms with E-state index in [2.05, 4.69) is 27.3 Å². The van der Waals surface area contributed by atoms with Gasteiger partial charge in [-0.2, -0.15) is 0 Å². The summed E-state index contributed by atoms with van der Waals surface area (Å²) in [6.45, 7) is 4.27. The molecule has 2 aliphatic heterocycles. The topological polar surface area (TPSA) is 66.4 Å². The first kappa shape index (κ1) is 22.9. The summed E-state index contributed by atoms with van der Waals surface area (Å²) in [5, 5.41) is 3.41. The Hall–Kier alpha value is -1.39. The van der Waals surface area contributed by atoms with Gasteiger partial charge in [0.1, 0.15) is 6.10 Å². The van der Waals surface area contributed by atoms with Crippen molar-refractivity contribution in [2.24, 2.45) is 4.99 Å². The molecule has 0 radical (unpaired) electrons. The number of ether oxygens (including phenoxy) is 2. The monoisotopic (exact) mass is 502 g/mol. The number of rotatable bonds is 5. The number of benzene rings is 1. The van der Waals surface area contributed by atoms with Gasteiger partial charge in [-0.25, -0.2) is 0 Å². The van der Waals surface area contributed by atoms with Crippen LogP contribution in [0.5, 0.6) is 0 Å². The third-order valence-corrected chi connectivity index (χ3v) is 5.21. The van der Waals surface area contributed by atoms with E-state index in [0.29, 0.717) is 26.2 Å². The van der Waals surface area contributed by atoms with Gasteiger partial charge in [-0.3, -0.25) is 9.79 Å². The lowest BCUT2D eigenvalue weighted by Gasteiger charge is -2.37. The van der Waals surface area contributed by atoms with E-state index in [1.807, 2.05) is 23.1 Å². The lowest BCUT2D eigenvalue weighted by molar-refractivity contribution is -0.142. The highest BCUT2D eigenvalue weighted by molar-refractivity contribution is 14.0. The number of carbonyl (C=O) groups excluding carboxylic acids is 1. The summed E-state index contributed by atoms with van der Waals surface area (Å²) < 4.78 is 11.1. The minimum absolute atomic E-state index is 0. The Morgan fingerprint density at radius 1 is 1.25 bits per heavy atom. The van der Waals surface area contributed by atoms with Crippen LogP contribution in [0.15, 0.2) is 35.3 Å². The van der Waals surface area contributed by atoms with Gasteiger partial charge in [0.15, 0.2) is 5.96 Å². The molecule has 0 aliphatic carbocycles. The van der Waals surface area contributed by atoms with Crippen LogP contribution in [-0.4, -0.2) is 81.3 Å². The maximum absolute atomic E-state index is 12.5. The fourth-order valence-corrected chi connectivity index (χ4v) is 3.64. The average molecular weight is 502 g/mol. The van der Waals surface area contributed by atoms with Crippen LogP contribution < -0.4 is 5.32 Å². The Morgan fingerprint density at radius 2 is 1.93 bits per heavy atom. The molecule has 1 aromatic rings. The maximum Gasteiger partial charge on any atom is 0.251 e. The normalized spacial score (nSPS) is 21.2. The highest BCUT2D eigenvalue weighted by Crippen LogP contribution is 2.17. The smallest absolute Gasteiger partial charge is 0.251 e. The second-order valence-corrected chi connectivity index (χ2v) is 6.88. The van der Waals surface area contributed by atoms with Gasteiger partial charge >= 0.3 is 0 Å². The minimum atomic E-state index is -0.234. The Labute approximate surface area is 184 Å². The Bertz CT molecular complexity index is 630. The van der Waals surface area contributed by atoms with Crippen LogP contribution in [0.3, 0.4) is 0 Å². The van der Waals surface area contributed by atoms with Crippen LogP contribution in [0, 0.1) is 0 Å². The number of amides is 1. The first-order valence-electron chi connectivity index (χ1n) is 9.66. The van der Waals surface area contributed by atoms with Crippen LogP contribution in [0.2, 0.25) is 0 Å². The molecule has 0 bridgehead atoms. The maximum atomic E-state index is 12.5. The van der Waals surface area contributed by atoms with E-state index >= 15 is 0 Å². The standard InChI is InChI=1S/C20H30N4O3.HI/c1-21-20(22-15-18(26-2)16-7-4-3-5-8-16)24-12-10-23(11-13-24)19(25)17-9-6-14-27-17;/h3-5,7-8,17-18H,6,9-15H2,1-2H3,(H,21,22);1H. The summed E-state index contributed by atoms with van der Waals surface area (Å²) in [6, 6.07) is 10.2. The first-order chi connectivity index (χ1) is 13.2. The second kappa shape index (κ2) is 11.6. The Kier molecular flexibility index (Phi) is 9.46. The molecule has 1 aromatic carbocycles. The quantitative estimate of drug-likeness (QED) is 0.379. The largest absolute Gasteiger partial charge is 0.375 e. The number of hydrogen-bond acceptors (Lipinski definition) is 4. The van der Waals surface area contributed by atoms with Gasteiger partial charge in [0.2, 0.25) is 0 Å². The fraction of sp³-hybridized carbons (Fsp3) is 0.600. The van der Waals surface area contributed by atoms with Gasteiger partial charge in [0, 0.05) is 53.5 Å². The molecule has 2 fully saturated rings. The van der Waals surface area contributed by atoms with Crippen molar-refractivity contribution in [3.63, 3.8) is 0 Å². The molecule has 2 heterocycles. The molecule has 8 heteroatoms. The van der Waals surface area contributed by atoms with E-state index < -0.39 is 0 Å². The number of hydrogen-bond donors (Lipinski definition) is 1. The van der Waals surface area contributed by atoms with Crippen molar-refractivity contribution in [3.8, 4) is 0 Å². The Balaban J connectivity index is 0.00000280. The molecule has 156 valence electrons. The predicted octanol–water partition coefficient (Wildman–Crippen LogP) is 1.89. The van der Waals surface area contributed by atoms with Crippen molar-refractivity contribution < 1.29 is 14.3 Å². The lowest BCUT2D eigenvalue weighted by Crippen LogP contribution is -2.55. The van der Waals surface area contributed by atoms with Gasteiger partial charge in [-0.15, -0.1) is 24.0 Å². The summed E-state index contributed by atoms with van der Waals surface area (Å²) in [5.41, 5.74) is 1.13. The molecule has 2 atom stereocenters. The molecular formula is C20H31IN4O3. The van der Waals surface area contributed by atoms with E-state index in [-0.39, 0.29) is 42.1 Å². The predicted molar refractivity (Wildman–Crippen MR) is 120 cm³/mol. The number of nitrogens with zero attached hydrogens (tertiary/aromatic N) is 3. The van der Waals surface area contributed by atoms with Crippen molar-refractivity contribution >= 4 is 35.8 Å². The third-order valence-electron chi connectivity index (χ3n) is 5.21. The van der Waals surface area contributed by atoms with Crippen molar-refractivity contribution in [1.82, 2.24) is 15.1 Å². The van der Waals surface area contributed by atoms with Crippen molar-refractivity contribution in [2.75, 3.05) is 53.5 Å². The van der Waals surface area contributed by atoms with Gasteiger partial charge in [0.25, 0.3) is 5.91 Å². The number of halogens is 1. The zero-order valence-electron chi connectivity index (χ0n) is 16.7. The van der Waals surface area contributed by atoms with E-state index in [4.69, 9.17) is 9.47 Å². The average Bonchev–Trinajstić information content (AvgIpc) is 3.27. The van der Waals surface area contributed by atoms with E-state index in [9.17, 15) is 4.79 Å². The summed E-state index contributed by atoms with van der Waals surface area (Å²) >= 11 is 0. The Morgan fingerprint density at radius 3 is 2.50 bits per heavy atom. The molecule has 0 aromatic heterocycles. The number of piperazine rings is 1. The van der Waals surface area contributed by atoms with Gasteiger partial charge < -0.3 is 24.6 Å². The molecule has 0 saturated carbocycles. The van der Waals surface area contributed by atoms with Gasteiger partial charge in [-0.1, -0.05) is 30.3 Å². The number of carbonyl (C=O) groups is 1. The molecule has 28 heavy (non-hydrogen) atoms. The summed E-state index contributed by atoms with van der Waals surface area (Å²) in [6.07, 6.45) is 1.56. The number of nitrogens with one attached hydrogen (secondary N) is 1. The van der Waals surface area contributed by atoms with Crippen molar-refractivity contribution in [3.05, 3.63) is 35.9 Å². The van der Waals surface area contributed by atoms with Crippen molar-refractivity contribution in [2.45, 2.75) is 25.0 Å². The fourth-order valence-electron chi connectivity index (χ4n) is 3.64. The number of guanidine groups is 1. The first-order valence-corrected chi connectivity index (χ1v) is 9.66. The van der Waals surface area contributed by atoms with Crippen LogP contribution in [0.1, 0.15) is 24.5 Å². The molecular weight excluding hydrogens is 471 g/mol. The number of aliphatic imine (C=N–C) groups is 1. The molecule has 3 rings (SSSR count). The van der Waals surface area contributed by atoms with Gasteiger partial charge in [0.05, 0.1) is 6.10 Å². The van der Waals surface area contributed by atoms with E-state index in [0.717, 1.165) is 37.5 Å². The molecule has 1 N–H and O–H groups in total. The zero-order valence-corrected chi connectivity index (χ0v) is 19.0. The highest BCUT2D eigenvalue weighted by atomic mass is 127. The van der Waals surface area contributed by atoms with Crippen LogP contribution >= 0.6 is 24.0 Å². The SMILES string of the molecule is CN=C(NCC(OC)c1ccccc1)N1CCN(C(=O)C2CCCO2)CC1.I. The molecule has 2 unspecified atom stereocenters. The van der Waals surface area contributed by atoms with Crippen LogP contribution in [0.25, 0.3) is 0 Å². The van der Waals surface area contributed by atoms with Crippen LogP contribution in [0.4, 0.5) is 0 Å². The minimum Gasteiger partial charge on any atom is -0.375 e. The zero-order chi connectivity index (χ0) is 19.1. The molecule has 0 spiro atoms. The summed E-state index contributed by atoms with van der Waals surface area (Å²) in [7, 11) is 3.51. The number of methoxy groups -OCH3 is 1. The lowest BCUT2D eigenvalue weighted by atomic mass is 10.1. The molecule has 1 amide bonds. The highest BCUT2D eigenvalue weighted by Gasteiger charge is 2.31.